The number of nitrogens with zero attached hydrogens (tertiary/aromatic N) is 2. The number of hydrogen-bond donors (Lipinski definition) is 1. The summed E-state index contributed by atoms with van der Waals surface area (Å²) in [5.74, 6) is 0.578. The van der Waals surface area contributed by atoms with Crippen molar-refractivity contribution in [3.63, 3.8) is 0 Å². The van der Waals surface area contributed by atoms with Crippen LogP contribution in [0.1, 0.15) is 0 Å². The minimum atomic E-state index is 0.317. The molecule has 1 heterocycles. The first-order valence-electron chi connectivity index (χ1n) is 3.97. The lowest BCUT2D eigenvalue weighted by atomic mass is 10.2. The molecule has 0 aliphatic heterocycles. The summed E-state index contributed by atoms with van der Waals surface area (Å²) in [4.78, 5) is 8.17. The summed E-state index contributed by atoms with van der Waals surface area (Å²) in [6, 6.07) is 3.54. The fourth-order valence-electron chi connectivity index (χ4n) is 1.24. The maximum atomic E-state index is 5.81. The van der Waals surface area contributed by atoms with E-state index in [2.05, 4.69) is 9.97 Å². The molecule has 2 N–H and O–H groups in total. The second kappa shape index (κ2) is 3.31. The van der Waals surface area contributed by atoms with Crippen LogP contribution in [0.2, 0.25) is 5.15 Å². The van der Waals surface area contributed by atoms with Gasteiger partial charge in [-0.1, -0.05) is 11.6 Å². The van der Waals surface area contributed by atoms with Crippen molar-refractivity contribution in [2.45, 2.75) is 0 Å². The van der Waals surface area contributed by atoms with E-state index in [4.69, 9.17) is 22.1 Å². The third kappa shape index (κ3) is 1.33. The number of benzene rings is 1. The quantitative estimate of drug-likeness (QED) is 0.729. The van der Waals surface area contributed by atoms with Crippen molar-refractivity contribution in [3.8, 4) is 5.75 Å². The molecule has 2 rings (SSSR count). The Kier molecular flexibility index (Phi) is 2.13. The lowest BCUT2D eigenvalue weighted by Gasteiger charge is -2.06. The van der Waals surface area contributed by atoms with Gasteiger partial charge in [0.15, 0.2) is 0 Å². The highest BCUT2D eigenvalue weighted by Gasteiger charge is 2.06. The van der Waals surface area contributed by atoms with Crippen molar-refractivity contribution in [1.29, 1.82) is 0 Å². The maximum absolute atomic E-state index is 5.81. The average molecular weight is 210 g/mol. The summed E-state index contributed by atoms with van der Waals surface area (Å²) in [7, 11) is 1.55. The third-order valence-corrected chi connectivity index (χ3v) is 2.09. The molecule has 0 saturated carbocycles. The molecular formula is C9H8ClN3O. The molecule has 2 aromatic rings. The Morgan fingerprint density at radius 1 is 1.43 bits per heavy atom. The Morgan fingerprint density at radius 2 is 2.21 bits per heavy atom. The van der Waals surface area contributed by atoms with Crippen molar-refractivity contribution in [2.75, 3.05) is 12.8 Å². The number of methoxy groups -OCH3 is 1. The van der Waals surface area contributed by atoms with E-state index < -0.39 is 0 Å². The molecule has 5 heteroatoms. The predicted molar refractivity (Wildman–Crippen MR) is 55.5 cm³/mol. The smallest absolute Gasteiger partial charge is 0.148 e. The molecule has 0 aliphatic rings. The number of nitrogen functional groups attached to an aromatic ring is 1. The van der Waals surface area contributed by atoms with E-state index in [1.54, 1.807) is 19.2 Å². The Bertz CT molecular complexity index is 487. The molecule has 0 saturated heterocycles. The molecule has 0 atom stereocenters. The van der Waals surface area contributed by atoms with E-state index in [1.807, 2.05) is 0 Å². The van der Waals surface area contributed by atoms with Gasteiger partial charge in [-0.25, -0.2) is 4.98 Å². The summed E-state index contributed by atoms with van der Waals surface area (Å²) in [5, 5.41) is 0.317. The SMILES string of the molecule is COc1ccc2ncc(Cl)nc2c1N. The van der Waals surface area contributed by atoms with Crippen molar-refractivity contribution in [2.24, 2.45) is 0 Å². The number of aromatic nitrogens is 2. The highest BCUT2D eigenvalue weighted by atomic mass is 35.5. The fraction of sp³-hybridized carbons (Fsp3) is 0.111. The van der Waals surface area contributed by atoms with Gasteiger partial charge < -0.3 is 10.5 Å². The van der Waals surface area contributed by atoms with Crippen molar-refractivity contribution < 1.29 is 4.74 Å². The van der Waals surface area contributed by atoms with Gasteiger partial charge in [-0.05, 0) is 12.1 Å². The van der Waals surface area contributed by atoms with Gasteiger partial charge in [0, 0.05) is 0 Å². The van der Waals surface area contributed by atoms with Crippen LogP contribution in [-0.4, -0.2) is 17.1 Å². The van der Waals surface area contributed by atoms with Gasteiger partial charge in [-0.3, -0.25) is 4.98 Å². The largest absolute Gasteiger partial charge is 0.495 e. The van der Waals surface area contributed by atoms with E-state index in [0.717, 1.165) is 0 Å². The van der Waals surface area contributed by atoms with Crippen LogP contribution in [0.3, 0.4) is 0 Å². The minimum Gasteiger partial charge on any atom is -0.495 e. The van der Waals surface area contributed by atoms with Crippen LogP contribution in [0, 0.1) is 0 Å². The summed E-state index contributed by atoms with van der Waals surface area (Å²) in [6.07, 6.45) is 1.48. The van der Waals surface area contributed by atoms with Gasteiger partial charge in [0.25, 0.3) is 0 Å². The Morgan fingerprint density at radius 3 is 2.93 bits per heavy atom. The lowest BCUT2D eigenvalue weighted by molar-refractivity contribution is 0.417. The molecule has 1 aromatic heterocycles. The lowest BCUT2D eigenvalue weighted by Crippen LogP contribution is -1.96. The molecular weight excluding hydrogens is 202 g/mol. The molecule has 0 spiro atoms. The first kappa shape index (κ1) is 9.02. The summed E-state index contributed by atoms with van der Waals surface area (Å²) in [5.41, 5.74) is 7.54. The summed E-state index contributed by atoms with van der Waals surface area (Å²) in [6.45, 7) is 0. The van der Waals surface area contributed by atoms with Crippen LogP contribution in [0.4, 0.5) is 5.69 Å². The molecule has 0 radical (unpaired) electrons. The number of ether oxygens (including phenoxy) is 1. The predicted octanol–water partition coefficient (Wildman–Crippen LogP) is 1.87. The van der Waals surface area contributed by atoms with Crippen LogP contribution < -0.4 is 10.5 Å². The average Bonchev–Trinajstić information content (AvgIpc) is 2.20. The van der Waals surface area contributed by atoms with E-state index in [-0.39, 0.29) is 0 Å². The van der Waals surface area contributed by atoms with Crippen LogP contribution in [-0.2, 0) is 0 Å². The Hall–Kier alpha value is -1.55. The maximum Gasteiger partial charge on any atom is 0.148 e. The van der Waals surface area contributed by atoms with Crippen LogP contribution >= 0.6 is 11.6 Å². The Labute approximate surface area is 85.7 Å². The molecule has 0 aliphatic carbocycles. The van der Waals surface area contributed by atoms with Crippen LogP contribution in [0.25, 0.3) is 11.0 Å². The molecule has 0 amide bonds. The summed E-state index contributed by atoms with van der Waals surface area (Å²) >= 11 is 5.72. The van der Waals surface area contributed by atoms with Crippen LogP contribution in [0.15, 0.2) is 18.3 Å². The Balaban J connectivity index is 2.79. The third-order valence-electron chi connectivity index (χ3n) is 1.90. The zero-order valence-corrected chi connectivity index (χ0v) is 8.25. The van der Waals surface area contributed by atoms with Gasteiger partial charge in [0.05, 0.1) is 18.8 Å². The van der Waals surface area contributed by atoms with Gasteiger partial charge in [-0.15, -0.1) is 0 Å². The van der Waals surface area contributed by atoms with E-state index in [1.165, 1.54) is 6.20 Å². The van der Waals surface area contributed by atoms with Gasteiger partial charge in [0.1, 0.15) is 22.1 Å². The molecule has 0 unspecified atom stereocenters. The summed E-state index contributed by atoms with van der Waals surface area (Å²) < 4.78 is 5.06. The first-order chi connectivity index (χ1) is 6.72. The van der Waals surface area contributed by atoms with Crippen LogP contribution in [0.5, 0.6) is 5.75 Å². The second-order valence-corrected chi connectivity index (χ2v) is 3.13. The number of anilines is 1. The molecule has 72 valence electrons. The highest BCUT2D eigenvalue weighted by Crippen LogP contribution is 2.28. The highest BCUT2D eigenvalue weighted by molar-refractivity contribution is 6.29. The number of rotatable bonds is 1. The molecule has 4 nitrogen and oxygen atoms in total. The van der Waals surface area contributed by atoms with Gasteiger partial charge in [-0.2, -0.15) is 0 Å². The minimum absolute atomic E-state index is 0.317. The number of fused-ring (bicyclic) bond motifs is 1. The number of halogens is 1. The molecule has 0 bridgehead atoms. The molecule has 14 heavy (non-hydrogen) atoms. The second-order valence-electron chi connectivity index (χ2n) is 2.74. The fourth-order valence-corrected chi connectivity index (χ4v) is 1.37. The van der Waals surface area contributed by atoms with Gasteiger partial charge >= 0.3 is 0 Å². The van der Waals surface area contributed by atoms with E-state index in [0.29, 0.717) is 27.6 Å². The van der Waals surface area contributed by atoms with Gasteiger partial charge in [0.2, 0.25) is 0 Å². The van der Waals surface area contributed by atoms with E-state index >= 15 is 0 Å². The van der Waals surface area contributed by atoms with Crippen molar-refractivity contribution in [1.82, 2.24) is 9.97 Å². The van der Waals surface area contributed by atoms with Crippen molar-refractivity contribution >= 4 is 28.3 Å². The van der Waals surface area contributed by atoms with E-state index in [9.17, 15) is 0 Å². The molecule has 1 aromatic carbocycles. The first-order valence-corrected chi connectivity index (χ1v) is 4.35. The molecule has 0 fully saturated rings. The van der Waals surface area contributed by atoms with Crippen molar-refractivity contribution in [3.05, 3.63) is 23.5 Å². The standard InChI is InChI=1S/C9H8ClN3O/c1-14-6-3-2-5-9(8(6)11)13-7(10)4-12-5/h2-4H,11H2,1H3. The topological polar surface area (TPSA) is 61.0 Å². The number of hydrogen-bond acceptors (Lipinski definition) is 4. The zero-order valence-electron chi connectivity index (χ0n) is 7.49. The monoisotopic (exact) mass is 209 g/mol. The number of nitrogens with two attached hydrogens (primary N) is 1. The zero-order chi connectivity index (χ0) is 10.1. The normalized spacial score (nSPS) is 10.4.